The number of aliphatic hydroxyl groups excluding tert-OH is 3. The molecule has 6 atom stereocenters. The molecule has 8 nitrogen and oxygen atoms in total. The zero-order valence-electron chi connectivity index (χ0n) is 14.3. The van der Waals surface area contributed by atoms with Crippen LogP contribution in [0, 0.1) is 0 Å². The lowest BCUT2D eigenvalue weighted by molar-refractivity contribution is -0.197. The van der Waals surface area contributed by atoms with Crippen molar-refractivity contribution in [2.24, 2.45) is 0 Å². The van der Waals surface area contributed by atoms with Crippen LogP contribution in [0.4, 0.5) is 0 Å². The number of carbonyl (C=O) groups excluding carboxylic acids is 1. The molecule has 0 radical (unpaired) electrons. The molecule has 0 aliphatic carbocycles. The summed E-state index contributed by atoms with van der Waals surface area (Å²) in [5.41, 5.74) is 0.895. The molecule has 1 aromatic rings. The molecular weight excluding hydrogens is 328 g/mol. The molecule has 1 aliphatic rings. The fraction of sp³-hybridized carbons (Fsp3) is 0.588. The highest BCUT2D eigenvalue weighted by molar-refractivity contribution is 5.73. The second-order valence-corrected chi connectivity index (χ2v) is 6.27. The lowest BCUT2D eigenvalue weighted by atomic mass is 9.88. The van der Waals surface area contributed by atoms with Crippen molar-refractivity contribution in [3.8, 4) is 5.75 Å². The van der Waals surface area contributed by atoms with E-state index in [1.165, 1.54) is 6.92 Å². The van der Waals surface area contributed by atoms with Crippen LogP contribution in [-0.4, -0.2) is 70.4 Å². The number of nitrogens with one attached hydrogen (secondary N) is 2. The van der Waals surface area contributed by atoms with E-state index in [4.69, 9.17) is 4.74 Å². The zero-order chi connectivity index (χ0) is 18.6. The van der Waals surface area contributed by atoms with Crippen LogP contribution >= 0.6 is 0 Å². The zero-order valence-corrected chi connectivity index (χ0v) is 14.3. The standard InChI is InChI=1S/C17H26N2O6/c1-9(21)19-15-13(25-14(8-20)16(23)17(15)24)7-12(18-2)10-3-5-11(22)6-4-10/h3-6,12-18,20,22-24H,7-8H2,1-2H3,(H,19,21)/t12?,13-,14-,15+,16+,17-/m1/s1. The summed E-state index contributed by atoms with van der Waals surface area (Å²) in [4.78, 5) is 11.5. The number of carbonyl (C=O) groups is 1. The van der Waals surface area contributed by atoms with E-state index in [2.05, 4.69) is 10.6 Å². The molecular formula is C17H26N2O6. The summed E-state index contributed by atoms with van der Waals surface area (Å²) in [6.45, 7) is 0.884. The maximum absolute atomic E-state index is 11.5. The Morgan fingerprint density at radius 3 is 2.36 bits per heavy atom. The molecule has 25 heavy (non-hydrogen) atoms. The number of aromatic hydroxyl groups is 1. The lowest BCUT2D eigenvalue weighted by Crippen LogP contribution is -2.64. The molecule has 8 heteroatoms. The molecule has 140 valence electrons. The van der Waals surface area contributed by atoms with Crippen molar-refractivity contribution in [2.45, 2.75) is 49.8 Å². The number of benzene rings is 1. The first-order valence-electron chi connectivity index (χ1n) is 8.23. The molecule has 1 unspecified atom stereocenters. The van der Waals surface area contributed by atoms with Gasteiger partial charge in [0.1, 0.15) is 24.1 Å². The summed E-state index contributed by atoms with van der Waals surface area (Å²) in [6.07, 6.45) is -3.71. The normalized spacial score (nSPS) is 30.7. The van der Waals surface area contributed by atoms with E-state index < -0.39 is 37.1 Å². The molecule has 0 bridgehead atoms. The predicted octanol–water partition coefficient (Wildman–Crippen LogP) is -0.971. The summed E-state index contributed by atoms with van der Waals surface area (Å²) in [7, 11) is 1.77. The van der Waals surface area contributed by atoms with Gasteiger partial charge >= 0.3 is 0 Å². The number of phenolic OH excluding ortho intramolecular Hbond substituents is 1. The van der Waals surface area contributed by atoms with Crippen molar-refractivity contribution < 1.29 is 30.0 Å². The second kappa shape index (κ2) is 8.59. The molecule has 1 fully saturated rings. The van der Waals surface area contributed by atoms with E-state index in [0.29, 0.717) is 6.42 Å². The minimum absolute atomic E-state index is 0.155. The van der Waals surface area contributed by atoms with Gasteiger partial charge in [0.15, 0.2) is 0 Å². The molecule has 0 aromatic heterocycles. The minimum Gasteiger partial charge on any atom is -0.508 e. The van der Waals surface area contributed by atoms with Gasteiger partial charge < -0.3 is 35.8 Å². The second-order valence-electron chi connectivity index (χ2n) is 6.27. The number of hydrogen-bond donors (Lipinski definition) is 6. The van der Waals surface area contributed by atoms with Gasteiger partial charge in [0.05, 0.1) is 18.8 Å². The molecule has 1 aliphatic heterocycles. The molecule has 1 aromatic carbocycles. The highest BCUT2D eigenvalue weighted by atomic mass is 16.5. The minimum atomic E-state index is -1.29. The largest absolute Gasteiger partial charge is 0.508 e. The van der Waals surface area contributed by atoms with Gasteiger partial charge in [0, 0.05) is 13.0 Å². The average molecular weight is 354 g/mol. The van der Waals surface area contributed by atoms with Crippen LogP contribution in [0.25, 0.3) is 0 Å². The Kier molecular flexibility index (Phi) is 6.74. The van der Waals surface area contributed by atoms with Gasteiger partial charge in [-0.3, -0.25) is 4.79 Å². The highest BCUT2D eigenvalue weighted by Crippen LogP contribution is 2.29. The Bertz CT molecular complexity index is 567. The van der Waals surface area contributed by atoms with Gasteiger partial charge in [-0.2, -0.15) is 0 Å². The third-order valence-corrected chi connectivity index (χ3v) is 4.51. The van der Waals surface area contributed by atoms with Crippen LogP contribution in [0.15, 0.2) is 24.3 Å². The van der Waals surface area contributed by atoms with Crippen LogP contribution in [0.1, 0.15) is 24.9 Å². The van der Waals surface area contributed by atoms with Crippen LogP contribution in [0.2, 0.25) is 0 Å². The first-order chi connectivity index (χ1) is 11.9. The van der Waals surface area contributed by atoms with E-state index in [1.807, 2.05) is 0 Å². The lowest BCUT2D eigenvalue weighted by Gasteiger charge is -2.43. The third-order valence-electron chi connectivity index (χ3n) is 4.51. The Balaban J connectivity index is 2.21. The maximum Gasteiger partial charge on any atom is 0.217 e. The maximum atomic E-state index is 11.5. The highest BCUT2D eigenvalue weighted by Gasteiger charge is 2.45. The fourth-order valence-corrected chi connectivity index (χ4v) is 3.17. The van der Waals surface area contributed by atoms with E-state index >= 15 is 0 Å². The van der Waals surface area contributed by atoms with Gasteiger partial charge in [0.25, 0.3) is 0 Å². The first-order valence-corrected chi connectivity index (χ1v) is 8.23. The van der Waals surface area contributed by atoms with E-state index in [9.17, 15) is 25.2 Å². The van der Waals surface area contributed by atoms with Crippen molar-refractivity contribution in [1.82, 2.24) is 10.6 Å². The summed E-state index contributed by atoms with van der Waals surface area (Å²) < 4.78 is 5.75. The topological polar surface area (TPSA) is 131 Å². The first kappa shape index (κ1) is 19.6. The third kappa shape index (κ3) is 4.68. The van der Waals surface area contributed by atoms with Crippen LogP contribution < -0.4 is 10.6 Å². The van der Waals surface area contributed by atoms with Crippen molar-refractivity contribution in [3.05, 3.63) is 29.8 Å². The number of ether oxygens (including phenoxy) is 1. The summed E-state index contributed by atoms with van der Waals surface area (Å²) in [5, 5.41) is 44.9. The molecule has 2 rings (SSSR count). The SMILES string of the molecule is CNC(C[C@H]1O[C@H](CO)[C@H](O)[C@H](O)[C@H]1NC(C)=O)c1ccc(O)cc1. The molecule has 0 saturated carbocycles. The van der Waals surface area contributed by atoms with E-state index in [1.54, 1.807) is 31.3 Å². The molecule has 1 amide bonds. The number of aliphatic hydroxyl groups is 3. The van der Waals surface area contributed by atoms with Crippen molar-refractivity contribution in [2.75, 3.05) is 13.7 Å². The average Bonchev–Trinajstić information content (AvgIpc) is 2.59. The summed E-state index contributed by atoms with van der Waals surface area (Å²) >= 11 is 0. The van der Waals surface area contributed by atoms with Gasteiger partial charge in [0.2, 0.25) is 5.91 Å². The van der Waals surface area contributed by atoms with Gasteiger partial charge in [-0.25, -0.2) is 0 Å². The van der Waals surface area contributed by atoms with E-state index in [0.717, 1.165) is 5.56 Å². The Morgan fingerprint density at radius 1 is 1.20 bits per heavy atom. The monoisotopic (exact) mass is 354 g/mol. The Labute approximate surface area is 146 Å². The van der Waals surface area contributed by atoms with Crippen molar-refractivity contribution in [1.29, 1.82) is 0 Å². The molecule has 6 N–H and O–H groups in total. The predicted molar refractivity (Wildman–Crippen MR) is 89.9 cm³/mol. The quantitative estimate of drug-likeness (QED) is 0.387. The van der Waals surface area contributed by atoms with E-state index in [-0.39, 0.29) is 17.7 Å². The summed E-state index contributed by atoms with van der Waals surface area (Å²) in [5.74, 6) is -0.194. The van der Waals surface area contributed by atoms with Crippen LogP contribution in [0.3, 0.4) is 0 Å². The van der Waals surface area contributed by atoms with Gasteiger partial charge in [-0.15, -0.1) is 0 Å². The molecule has 1 saturated heterocycles. The summed E-state index contributed by atoms with van der Waals surface area (Å²) in [6, 6.07) is 5.69. The smallest absolute Gasteiger partial charge is 0.217 e. The number of rotatable bonds is 6. The van der Waals surface area contributed by atoms with Gasteiger partial charge in [-0.05, 0) is 31.2 Å². The van der Waals surface area contributed by atoms with Crippen molar-refractivity contribution in [3.63, 3.8) is 0 Å². The van der Waals surface area contributed by atoms with Gasteiger partial charge in [-0.1, -0.05) is 12.1 Å². The fourth-order valence-electron chi connectivity index (χ4n) is 3.17. The molecule has 0 spiro atoms. The Hall–Kier alpha value is -1.71. The van der Waals surface area contributed by atoms with Crippen molar-refractivity contribution >= 4 is 5.91 Å². The van der Waals surface area contributed by atoms with Crippen LogP contribution in [0.5, 0.6) is 5.75 Å². The number of hydrogen-bond acceptors (Lipinski definition) is 7. The molecule has 1 heterocycles. The Morgan fingerprint density at radius 2 is 1.84 bits per heavy atom. The number of phenols is 1. The van der Waals surface area contributed by atoms with Crippen LogP contribution in [-0.2, 0) is 9.53 Å². The number of amides is 1.